The van der Waals surface area contributed by atoms with E-state index in [1.807, 2.05) is 6.92 Å². The topological polar surface area (TPSA) is 29.3 Å². The van der Waals surface area contributed by atoms with Crippen LogP contribution in [0.4, 0.5) is 18.9 Å². The highest BCUT2D eigenvalue weighted by atomic mass is 19.3. The molecule has 1 aromatic carbocycles. The van der Waals surface area contributed by atoms with Crippen LogP contribution >= 0.6 is 0 Å². The molecule has 0 heterocycles. The van der Waals surface area contributed by atoms with E-state index in [1.54, 1.807) is 6.07 Å². The number of halogens is 3. The number of anilines is 1. The fourth-order valence-electron chi connectivity index (χ4n) is 1.82. The van der Waals surface area contributed by atoms with Crippen molar-refractivity contribution in [3.63, 3.8) is 0 Å². The molecule has 1 unspecified atom stereocenters. The average molecular weight is 260 g/mol. The highest BCUT2D eigenvalue weighted by molar-refractivity contribution is 5.54. The van der Waals surface area contributed by atoms with E-state index in [-0.39, 0.29) is 6.04 Å². The Kier molecular flexibility index (Phi) is 5.47. The van der Waals surface area contributed by atoms with Crippen LogP contribution in [-0.4, -0.2) is 26.1 Å². The van der Waals surface area contributed by atoms with E-state index >= 15 is 0 Å². The number of alkyl halides is 2. The molecule has 102 valence electrons. The number of hydrogen-bond donors (Lipinski definition) is 1. The molecule has 0 amide bonds. The van der Waals surface area contributed by atoms with Crippen molar-refractivity contribution in [3.05, 3.63) is 29.6 Å². The molecule has 0 bridgehead atoms. The Morgan fingerprint density at radius 3 is 2.56 bits per heavy atom. The fraction of sp³-hybridized carbons (Fsp3) is 0.538. The molecule has 2 N–H and O–H groups in total. The molecule has 0 aliphatic heterocycles. The zero-order chi connectivity index (χ0) is 13.7. The Morgan fingerprint density at radius 1 is 1.33 bits per heavy atom. The van der Waals surface area contributed by atoms with E-state index in [4.69, 9.17) is 5.73 Å². The van der Waals surface area contributed by atoms with E-state index in [9.17, 15) is 13.2 Å². The maximum atomic E-state index is 13.8. The van der Waals surface area contributed by atoms with Crippen molar-refractivity contribution in [3.8, 4) is 0 Å². The smallest absolute Gasteiger partial charge is 0.255 e. The SMILES string of the molecule is CCC(N)Cc1c(F)cccc1N(C)CC(F)F. The Hall–Kier alpha value is -1.23. The van der Waals surface area contributed by atoms with Crippen molar-refractivity contribution in [2.24, 2.45) is 5.73 Å². The normalized spacial score (nSPS) is 12.8. The Bertz CT molecular complexity index is 382. The van der Waals surface area contributed by atoms with Crippen LogP contribution in [0.2, 0.25) is 0 Å². The van der Waals surface area contributed by atoms with Gasteiger partial charge in [0.25, 0.3) is 6.43 Å². The largest absolute Gasteiger partial charge is 0.369 e. The van der Waals surface area contributed by atoms with E-state index in [1.165, 1.54) is 24.1 Å². The van der Waals surface area contributed by atoms with Gasteiger partial charge < -0.3 is 10.6 Å². The molecule has 1 aromatic rings. The van der Waals surface area contributed by atoms with Gasteiger partial charge in [-0.1, -0.05) is 13.0 Å². The zero-order valence-electron chi connectivity index (χ0n) is 10.7. The first-order chi connectivity index (χ1) is 8.45. The van der Waals surface area contributed by atoms with Gasteiger partial charge >= 0.3 is 0 Å². The van der Waals surface area contributed by atoms with Crippen LogP contribution in [0.1, 0.15) is 18.9 Å². The first-order valence-electron chi connectivity index (χ1n) is 5.98. The quantitative estimate of drug-likeness (QED) is 0.852. The second kappa shape index (κ2) is 6.64. The summed E-state index contributed by atoms with van der Waals surface area (Å²) in [5.41, 5.74) is 6.71. The number of nitrogens with two attached hydrogens (primary N) is 1. The van der Waals surface area contributed by atoms with Gasteiger partial charge in [-0.3, -0.25) is 0 Å². The third-order valence-electron chi connectivity index (χ3n) is 2.91. The third kappa shape index (κ3) is 3.91. The summed E-state index contributed by atoms with van der Waals surface area (Å²) in [4.78, 5) is 1.37. The number of rotatable bonds is 6. The zero-order valence-corrected chi connectivity index (χ0v) is 10.7. The molecule has 0 aromatic heterocycles. The van der Waals surface area contributed by atoms with Crippen LogP contribution in [0.25, 0.3) is 0 Å². The van der Waals surface area contributed by atoms with Crippen LogP contribution in [-0.2, 0) is 6.42 Å². The second-order valence-electron chi connectivity index (χ2n) is 4.38. The van der Waals surface area contributed by atoms with Crippen LogP contribution < -0.4 is 10.6 Å². The van der Waals surface area contributed by atoms with Gasteiger partial charge in [0.15, 0.2) is 0 Å². The molecular formula is C13H19F3N2. The lowest BCUT2D eigenvalue weighted by Crippen LogP contribution is -2.28. The molecule has 0 fully saturated rings. The summed E-state index contributed by atoms with van der Waals surface area (Å²) in [5, 5.41) is 0. The third-order valence-corrected chi connectivity index (χ3v) is 2.91. The highest BCUT2D eigenvalue weighted by Gasteiger charge is 2.16. The number of benzene rings is 1. The molecule has 0 saturated carbocycles. The predicted octanol–water partition coefficient (Wildman–Crippen LogP) is 2.81. The summed E-state index contributed by atoms with van der Waals surface area (Å²) in [6.45, 7) is 1.49. The summed E-state index contributed by atoms with van der Waals surface area (Å²) in [6, 6.07) is 4.33. The lowest BCUT2D eigenvalue weighted by Gasteiger charge is -2.23. The molecule has 5 heteroatoms. The Morgan fingerprint density at radius 2 is 2.00 bits per heavy atom. The van der Waals surface area contributed by atoms with Gasteiger partial charge in [-0.05, 0) is 25.0 Å². The van der Waals surface area contributed by atoms with E-state index in [0.717, 1.165) is 0 Å². The van der Waals surface area contributed by atoms with Gasteiger partial charge in [-0.2, -0.15) is 0 Å². The van der Waals surface area contributed by atoms with Gasteiger partial charge in [-0.15, -0.1) is 0 Å². The predicted molar refractivity (Wildman–Crippen MR) is 67.6 cm³/mol. The lowest BCUT2D eigenvalue weighted by molar-refractivity contribution is 0.156. The maximum Gasteiger partial charge on any atom is 0.255 e. The second-order valence-corrected chi connectivity index (χ2v) is 4.38. The van der Waals surface area contributed by atoms with Crippen molar-refractivity contribution in [2.75, 3.05) is 18.5 Å². The van der Waals surface area contributed by atoms with E-state index in [2.05, 4.69) is 0 Å². The standard InChI is InChI=1S/C13H19F3N2/c1-3-9(17)7-10-11(14)5-4-6-12(10)18(2)8-13(15)16/h4-6,9,13H,3,7-8,17H2,1-2H3. The van der Waals surface area contributed by atoms with Crippen molar-refractivity contribution >= 4 is 5.69 Å². The van der Waals surface area contributed by atoms with Gasteiger partial charge in [0.1, 0.15) is 5.82 Å². The van der Waals surface area contributed by atoms with Crippen molar-refractivity contribution in [1.82, 2.24) is 0 Å². The first-order valence-corrected chi connectivity index (χ1v) is 5.98. The average Bonchev–Trinajstić information content (AvgIpc) is 2.30. The van der Waals surface area contributed by atoms with Gasteiger partial charge in [0.2, 0.25) is 0 Å². The Labute approximate surface area is 106 Å². The molecule has 2 nitrogen and oxygen atoms in total. The minimum Gasteiger partial charge on any atom is -0.369 e. The Balaban J connectivity index is 2.99. The van der Waals surface area contributed by atoms with E-state index < -0.39 is 18.8 Å². The molecule has 1 rings (SSSR count). The monoisotopic (exact) mass is 260 g/mol. The lowest BCUT2D eigenvalue weighted by atomic mass is 10.0. The fourth-order valence-corrected chi connectivity index (χ4v) is 1.82. The van der Waals surface area contributed by atoms with E-state index in [0.29, 0.717) is 24.1 Å². The minimum absolute atomic E-state index is 0.166. The molecule has 0 spiro atoms. The molecule has 0 saturated heterocycles. The van der Waals surface area contributed by atoms with Crippen LogP contribution in [0.3, 0.4) is 0 Å². The van der Waals surface area contributed by atoms with Crippen molar-refractivity contribution in [2.45, 2.75) is 32.2 Å². The maximum absolute atomic E-state index is 13.8. The molecule has 0 aliphatic rings. The number of nitrogens with zero attached hydrogens (tertiary/aromatic N) is 1. The van der Waals surface area contributed by atoms with Crippen LogP contribution in [0.5, 0.6) is 0 Å². The van der Waals surface area contributed by atoms with Crippen molar-refractivity contribution < 1.29 is 13.2 Å². The summed E-state index contributed by atoms with van der Waals surface area (Å²) < 4.78 is 38.5. The summed E-state index contributed by atoms with van der Waals surface area (Å²) in [7, 11) is 1.53. The van der Waals surface area contributed by atoms with Crippen LogP contribution in [0, 0.1) is 5.82 Å². The van der Waals surface area contributed by atoms with Gasteiger partial charge in [0, 0.05) is 24.3 Å². The molecule has 0 aliphatic carbocycles. The van der Waals surface area contributed by atoms with Crippen LogP contribution in [0.15, 0.2) is 18.2 Å². The highest BCUT2D eigenvalue weighted by Crippen LogP contribution is 2.24. The molecule has 18 heavy (non-hydrogen) atoms. The first kappa shape index (κ1) is 14.8. The van der Waals surface area contributed by atoms with Gasteiger partial charge in [-0.25, -0.2) is 13.2 Å². The summed E-state index contributed by atoms with van der Waals surface area (Å²) in [5.74, 6) is -0.391. The minimum atomic E-state index is -2.45. The molecule has 1 atom stereocenters. The molecule has 0 radical (unpaired) electrons. The summed E-state index contributed by atoms with van der Waals surface area (Å²) >= 11 is 0. The molecular weight excluding hydrogens is 241 g/mol. The summed E-state index contributed by atoms with van der Waals surface area (Å²) in [6.07, 6.45) is -1.38. The number of hydrogen-bond acceptors (Lipinski definition) is 2. The van der Waals surface area contributed by atoms with Crippen molar-refractivity contribution in [1.29, 1.82) is 0 Å². The van der Waals surface area contributed by atoms with Gasteiger partial charge in [0.05, 0.1) is 6.54 Å².